The first-order valence-corrected chi connectivity index (χ1v) is 10.6. The van der Waals surface area contributed by atoms with Crippen LogP contribution in [0.5, 0.6) is 0 Å². The van der Waals surface area contributed by atoms with Crippen LogP contribution in [0, 0.1) is 11.3 Å². The molecule has 0 N–H and O–H groups in total. The molecule has 0 aliphatic carbocycles. The van der Waals surface area contributed by atoms with E-state index in [1.165, 1.54) is 17.0 Å². The zero-order valence-electron chi connectivity index (χ0n) is 15.8. The summed E-state index contributed by atoms with van der Waals surface area (Å²) >= 11 is 7.54. The van der Waals surface area contributed by atoms with Gasteiger partial charge in [0.25, 0.3) is 5.91 Å². The molecular formula is C21H20ClN5OS. The van der Waals surface area contributed by atoms with Crippen molar-refractivity contribution >= 4 is 34.0 Å². The largest absolute Gasteiger partial charge is 0.336 e. The number of hydrogen-bond donors (Lipinski definition) is 0. The number of piperazine rings is 1. The highest BCUT2D eigenvalue weighted by Crippen LogP contribution is 2.30. The zero-order chi connectivity index (χ0) is 20.2. The van der Waals surface area contributed by atoms with Gasteiger partial charge in [0.05, 0.1) is 17.8 Å². The van der Waals surface area contributed by atoms with Crippen molar-refractivity contribution in [2.45, 2.75) is 0 Å². The van der Waals surface area contributed by atoms with E-state index in [-0.39, 0.29) is 5.91 Å². The number of aromatic nitrogens is 1. The van der Waals surface area contributed by atoms with Gasteiger partial charge in [0, 0.05) is 50.5 Å². The van der Waals surface area contributed by atoms with Crippen LogP contribution >= 0.6 is 22.9 Å². The number of nitrogens with zero attached hydrogens (tertiary/aromatic N) is 5. The maximum absolute atomic E-state index is 12.8. The van der Waals surface area contributed by atoms with Crippen molar-refractivity contribution in [2.24, 2.45) is 0 Å². The third-order valence-corrected chi connectivity index (χ3v) is 6.18. The molecule has 0 radical (unpaired) electrons. The van der Waals surface area contributed by atoms with Crippen molar-refractivity contribution in [2.75, 3.05) is 44.2 Å². The van der Waals surface area contributed by atoms with Gasteiger partial charge in [-0.2, -0.15) is 5.26 Å². The lowest BCUT2D eigenvalue weighted by Gasteiger charge is -2.37. The second-order valence-electron chi connectivity index (χ2n) is 6.90. The first-order chi connectivity index (χ1) is 14.1. The molecule has 1 aromatic carbocycles. The van der Waals surface area contributed by atoms with E-state index < -0.39 is 0 Å². The molecular weight excluding hydrogens is 406 g/mol. The maximum atomic E-state index is 12.8. The van der Waals surface area contributed by atoms with Crippen LogP contribution in [0.25, 0.3) is 0 Å². The van der Waals surface area contributed by atoms with Gasteiger partial charge in [-0.1, -0.05) is 41.2 Å². The van der Waals surface area contributed by atoms with Crippen molar-refractivity contribution in [3.8, 4) is 6.07 Å². The fraction of sp³-hybridized carbons (Fsp3) is 0.286. The average Bonchev–Trinajstić information content (AvgIpc) is 3.20. The Morgan fingerprint density at radius 3 is 2.83 bits per heavy atom. The van der Waals surface area contributed by atoms with Crippen LogP contribution in [0.15, 0.2) is 54.4 Å². The number of carbonyl (C=O) groups excluding carboxylic acids is 1. The monoisotopic (exact) mass is 425 g/mol. The molecule has 1 saturated heterocycles. The summed E-state index contributed by atoms with van der Waals surface area (Å²) in [6, 6.07) is 8.98. The first-order valence-electron chi connectivity index (χ1n) is 9.40. The number of allylic oxidation sites excluding steroid dienone is 2. The third kappa shape index (κ3) is 4.51. The number of amides is 1. The normalized spacial score (nSPS) is 17.2. The molecule has 148 valence electrons. The lowest BCUT2D eigenvalue weighted by Crippen LogP contribution is -2.50. The lowest BCUT2D eigenvalue weighted by atomic mass is 10.1. The fourth-order valence-electron chi connectivity index (χ4n) is 3.50. The van der Waals surface area contributed by atoms with E-state index in [4.69, 9.17) is 16.9 Å². The summed E-state index contributed by atoms with van der Waals surface area (Å²) in [6.07, 6.45) is 7.97. The summed E-state index contributed by atoms with van der Waals surface area (Å²) in [5.41, 5.74) is 2.26. The smallest absolute Gasteiger partial charge is 0.253 e. The number of carbonyl (C=O) groups is 1. The molecule has 4 rings (SSSR count). The Hall–Kier alpha value is -2.66. The molecule has 0 unspecified atom stereocenters. The van der Waals surface area contributed by atoms with Gasteiger partial charge < -0.3 is 9.80 Å². The highest BCUT2D eigenvalue weighted by Gasteiger charge is 2.25. The third-order valence-electron chi connectivity index (χ3n) is 5.04. The summed E-state index contributed by atoms with van der Waals surface area (Å²) < 4.78 is 0.682. The Bertz CT molecular complexity index is 1000. The Balaban J connectivity index is 1.37. The van der Waals surface area contributed by atoms with Crippen molar-refractivity contribution in [3.63, 3.8) is 0 Å². The molecule has 6 nitrogen and oxygen atoms in total. The van der Waals surface area contributed by atoms with Crippen molar-refractivity contribution < 1.29 is 4.79 Å². The van der Waals surface area contributed by atoms with Crippen molar-refractivity contribution in [3.05, 3.63) is 69.9 Å². The summed E-state index contributed by atoms with van der Waals surface area (Å²) in [7, 11) is 0. The van der Waals surface area contributed by atoms with E-state index in [1.807, 2.05) is 4.90 Å². The molecule has 0 bridgehead atoms. The van der Waals surface area contributed by atoms with Crippen LogP contribution < -0.4 is 4.90 Å². The van der Waals surface area contributed by atoms with Crippen molar-refractivity contribution in [1.29, 1.82) is 5.26 Å². The highest BCUT2D eigenvalue weighted by atomic mass is 35.5. The quantitative estimate of drug-likeness (QED) is 0.751. The predicted molar refractivity (Wildman–Crippen MR) is 115 cm³/mol. The molecule has 8 heteroatoms. The molecule has 1 amide bonds. The first kappa shape index (κ1) is 19.6. The molecule has 29 heavy (non-hydrogen) atoms. The Kier molecular flexibility index (Phi) is 5.95. The second kappa shape index (κ2) is 8.78. The van der Waals surface area contributed by atoms with Gasteiger partial charge in [0.1, 0.15) is 4.34 Å². The zero-order valence-corrected chi connectivity index (χ0v) is 17.4. The second-order valence-corrected chi connectivity index (χ2v) is 8.55. The van der Waals surface area contributed by atoms with Crippen molar-refractivity contribution in [1.82, 2.24) is 14.8 Å². The summed E-state index contributed by atoms with van der Waals surface area (Å²) in [5.74, 6) is -0.0133. The standard InChI is InChI=1S/C21H20ClN5OS/c22-19-14-24-21(29-19)27-7-2-1-6-18(27)15-25-8-10-26(11-9-25)20(28)17-5-3-4-16(12-17)13-23/h1-6,12,14H,7-11,15H2. The van der Waals surface area contributed by atoms with Crippen LogP contribution in [-0.4, -0.2) is 60.0 Å². The number of benzene rings is 1. The SMILES string of the molecule is N#Cc1cccc(C(=O)N2CCN(CC3=CC=CCN3c3ncc(Cl)s3)CC2)c1. The van der Waals surface area contributed by atoms with Crippen LogP contribution in [0.1, 0.15) is 15.9 Å². The number of nitriles is 1. The van der Waals surface area contributed by atoms with E-state index in [1.54, 1.807) is 30.5 Å². The minimum absolute atomic E-state index is 0.0133. The van der Waals surface area contributed by atoms with Gasteiger partial charge in [-0.05, 0) is 24.3 Å². The number of rotatable bonds is 4. The molecule has 1 aromatic heterocycles. The molecule has 2 aromatic rings. The molecule has 0 saturated carbocycles. The van der Waals surface area contributed by atoms with E-state index in [2.05, 4.69) is 39.1 Å². The number of anilines is 1. The summed E-state index contributed by atoms with van der Waals surface area (Å²) in [5, 5.41) is 9.94. The van der Waals surface area contributed by atoms with Crippen LogP contribution in [0.2, 0.25) is 4.34 Å². The molecule has 2 aliphatic rings. The van der Waals surface area contributed by atoms with Crippen LogP contribution in [-0.2, 0) is 0 Å². The van der Waals surface area contributed by atoms with Gasteiger partial charge in [0.15, 0.2) is 5.13 Å². The van der Waals surface area contributed by atoms with Gasteiger partial charge in [-0.15, -0.1) is 0 Å². The topological polar surface area (TPSA) is 63.5 Å². The van der Waals surface area contributed by atoms with Crippen LogP contribution in [0.3, 0.4) is 0 Å². The molecule has 0 atom stereocenters. The fourth-order valence-corrected chi connectivity index (χ4v) is 4.45. The molecule has 2 aliphatic heterocycles. The molecule has 1 fully saturated rings. The van der Waals surface area contributed by atoms with Gasteiger partial charge in [0.2, 0.25) is 0 Å². The lowest BCUT2D eigenvalue weighted by molar-refractivity contribution is 0.0647. The maximum Gasteiger partial charge on any atom is 0.253 e. The number of hydrogen-bond acceptors (Lipinski definition) is 6. The number of thiazole rings is 1. The minimum atomic E-state index is -0.0133. The molecule has 3 heterocycles. The van der Waals surface area contributed by atoms with Gasteiger partial charge in [-0.3, -0.25) is 9.69 Å². The van der Waals surface area contributed by atoms with E-state index in [0.29, 0.717) is 28.6 Å². The Morgan fingerprint density at radius 2 is 2.10 bits per heavy atom. The Morgan fingerprint density at radius 1 is 1.28 bits per heavy atom. The van der Waals surface area contributed by atoms with E-state index in [0.717, 1.165) is 31.3 Å². The highest BCUT2D eigenvalue weighted by molar-refractivity contribution is 7.19. The summed E-state index contributed by atoms with van der Waals surface area (Å²) in [4.78, 5) is 23.6. The average molecular weight is 426 g/mol. The van der Waals surface area contributed by atoms with Crippen LogP contribution in [0.4, 0.5) is 5.13 Å². The number of halogens is 1. The summed E-state index contributed by atoms with van der Waals surface area (Å²) in [6.45, 7) is 4.52. The van der Waals surface area contributed by atoms with E-state index in [9.17, 15) is 4.79 Å². The minimum Gasteiger partial charge on any atom is -0.336 e. The predicted octanol–water partition coefficient (Wildman–Crippen LogP) is 3.39. The molecule has 0 spiro atoms. The Labute approximate surface area is 178 Å². The van der Waals surface area contributed by atoms with Gasteiger partial charge in [-0.25, -0.2) is 4.98 Å². The van der Waals surface area contributed by atoms with Gasteiger partial charge >= 0.3 is 0 Å². The van der Waals surface area contributed by atoms with E-state index >= 15 is 0 Å².